The maximum atomic E-state index is 7.94. The van der Waals surface area contributed by atoms with Gasteiger partial charge in [0.05, 0.1) is 6.10 Å². The van der Waals surface area contributed by atoms with Crippen molar-refractivity contribution in [2.75, 3.05) is 0 Å². The minimum atomic E-state index is -2.92. The van der Waals surface area contributed by atoms with Gasteiger partial charge in [0.2, 0.25) is 0 Å². The van der Waals surface area contributed by atoms with Gasteiger partial charge in [-0.25, -0.2) is 0 Å². The summed E-state index contributed by atoms with van der Waals surface area (Å²) in [6.45, 7) is 2.39. The molecular weight excluding hydrogens is 537 g/mol. The summed E-state index contributed by atoms with van der Waals surface area (Å²) in [6.07, 6.45) is 10.8. The second-order valence-corrected chi connectivity index (χ2v) is 15.3. The number of hydrogen-bond acceptors (Lipinski definition) is 1. The Bertz CT molecular complexity index is 1660. The standard InChI is InChI=1S/C41H38OSi/c1-31(32-16-11-12-17-32)28-29-40(39-27-15-19-34-30-33-18-13-14-26-38(33)41(34)39)42-43(35-20-5-2-6-21-35,36-22-7-3-8-23-36)37-24-9-4-10-25-37/h2-16,18-27,31,40H,17,28-30H2,1H3. The molecule has 2 aliphatic carbocycles. The molecule has 2 aliphatic rings. The fraction of sp³-hybridized carbons (Fsp3) is 0.171. The van der Waals surface area contributed by atoms with Crippen LogP contribution in [0.2, 0.25) is 0 Å². The number of fused-ring (bicyclic) bond motifs is 3. The van der Waals surface area contributed by atoms with E-state index in [0.717, 1.165) is 25.7 Å². The first kappa shape index (κ1) is 27.6. The van der Waals surface area contributed by atoms with E-state index in [4.69, 9.17) is 4.43 Å². The number of allylic oxidation sites excluding steroid dienone is 4. The van der Waals surface area contributed by atoms with E-state index in [1.54, 1.807) is 0 Å². The molecule has 5 aromatic rings. The predicted octanol–water partition coefficient (Wildman–Crippen LogP) is 8.29. The van der Waals surface area contributed by atoms with Crippen LogP contribution in [-0.2, 0) is 10.8 Å². The number of hydrogen-bond donors (Lipinski definition) is 0. The van der Waals surface area contributed by atoms with Crippen LogP contribution in [0.5, 0.6) is 0 Å². The minimum absolute atomic E-state index is 0.0641. The average molecular weight is 575 g/mol. The summed E-state index contributed by atoms with van der Waals surface area (Å²) < 4.78 is 7.94. The zero-order valence-electron chi connectivity index (χ0n) is 24.8. The van der Waals surface area contributed by atoms with Gasteiger partial charge in [0, 0.05) is 0 Å². The van der Waals surface area contributed by atoms with Crippen molar-refractivity contribution >= 4 is 23.9 Å². The zero-order chi connectivity index (χ0) is 29.1. The van der Waals surface area contributed by atoms with Gasteiger partial charge in [-0.3, -0.25) is 0 Å². The zero-order valence-corrected chi connectivity index (χ0v) is 25.8. The first-order valence-electron chi connectivity index (χ1n) is 15.6. The van der Waals surface area contributed by atoms with Crippen LogP contribution >= 0.6 is 0 Å². The van der Waals surface area contributed by atoms with E-state index >= 15 is 0 Å². The van der Waals surface area contributed by atoms with Gasteiger partial charge < -0.3 is 4.43 Å². The Kier molecular flexibility index (Phi) is 7.80. The van der Waals surface area contributed by atoms with Crippen LogP contribution in [0, 0.1) is 5.92 Å². The highest BCUT2D eigenvalue weighted by molar-refractivity contribution is 7.07. The van der Waals surface area contributed by atoms with E-state index in [0.29, 0.717) is 5.92 Å². The Morgan fingerprint density at radius 1 is 0.628 bits per heavy atom. The summed E-state index contributed by atoms with van der Waals surface area (Å²) in [5.41, 5.74) is 8.43. The van der Waals surface area contributed by atoms with Crippen molar-refractivity contribution in [3.8, 4) is 11.1 Å². The molecule has 0 N–H and O–H groups in total. The monoisotopic (exact) mass is 574 g/mol. The van der Waals surface area contributed by atoms with Crippen LogP contribution < -0.4 is 15.6 Å². The van der Waals surface area contributed by atoms with Gasteiger partial charge in [-0.1, -0.05) is 164 Å². The van der Waals surface area contributed by atoms with Gasteiger partial charge >= 0.3 is 0 Å². The lowest BCUT2D eigenvalue weighted by atomic mass is 9.89. The molecule has 2 atom stereocenters. The molecule has 0 aliphatic heterocycles. The molecule has 2 unspecified atom stereocenters. The van der Waals surface area contributed by atoms with Gasteiger partial charge in [-0.15, -0.1) is 0 Å². The van der Waals surface area contributed by atoms with Crippen molar-refractivity contribution in [2.24, 2.45) is 5.92 Å². The van der Waals surface area contributed by atoms with Crippen LogP contribution in [0.1, 0.15) is 49.0 Å². The van der Waals surface area contributed by atoms with Crippen molar-refractivity contribution in [2.45, 2.75) is 38.7 Å². The SMILES string of the molecule is CC(CCC(O[Si](c1ccccc1)(c1ccccc1)c1ccccc1)c1cccc2c1-c1ccccc1C2)C1=CC=CC1. The highest BCUT2D eigenvalue weighted by Crippen LogP contribution is 2.44. The van der Waals surface area contributed by atoms with E-state index in [2.05, 4.69) is 159 Å². The fourth-order valence-corrected chi connectivity index (χ4v) is 11.2. The molecule has 212 valence electrons. The molecule has 0 fully saturated rings. The van der Waals surface area contributed by atoms with Crippen molar-refractivity contribution in [1.29, 1.82) is 0 Å². The molecule has 0 radical (unpaired) electrons. The van der Waals surface area contributed by atoms with Crippen LogP contribution in [0.15, 0.2) is 157 Å². The number of benzene rings is 5. The lowest BCUT2D eigenvalue weighted by Gasteiger charge is -2.38. The second-order valence-electron chi connectivity index (χ2n) is 12.0. The van der Waals surface area contributed by atoms with Gasteiger partial charge in [0.25, 0.3) is 8.32 Å². The third kappa shape index (κ3) is 5.26. The Hall–Kier alpha value is -4.24. The molecule has 0 spiro atoms. The maximum absolute atomic E-state index is 7.94. The molecule has 0 bridgehead atoms. The Balaban J connectivity index is 1.41. The third-order valence-electron chi connectivity index (χ3n) is 9.35. The average Bonchev–Trinajstić information content (AvgIpc) is 3.75. The molecule has 0 heterocycles. The minimum Gasteiger partial charge on any atom is -0.397 e. The summed E-state index contributed by atoms with van der Waals surface area (Å²) in [6, 6.07) is 48.9. The van der Waals surface area contributed by atoms with E-state index in [1.807, 2.05) is 0 Å². The van der Waals surface area contributed by atoms with Gasteiger partial charge in [-0.05, 0) is 75.0 Å². The lowest BCUT2D eigenvalue weighted by Crippen LogP contribution is -2.69. The molecule has 7 rings (SSSR count). The normalized spacial score (nSPS) is 15.0. The topological polar surface area (TPSA) is 9.23 Å². The molecule has 2 heteroatoms. The first-order valence-corrected chi connectivity index (χ1v) is 17.5. The van der Waals surface area contributed by atoms with Crippen molar-refractivity contribution < 1.29 is 4.43 Å². The summed E-state index contributed by atoms with van der Waals surface area (Å²) >= 11 is 0. The Morgan fingerprint density at radius 2 is 1.21 bits per heavy atom. The maximum Gasteiger partial charge on any atom is 0.288 e. The summed E-state index contributed by atoms with van der Waals surface area (Å²) in [5.74, 6) is 0.506. The molecule has 0 amide bonds. The molecule has 0 saturated heterocycles. The lowest BCUT2D eigenvalue weighted by molar-refractivity contribution is 0.188. The van der Waals surface area contributed by atoms with Gasteiger partial charge in [0.1, 0.15) is 0 Å². The molecule has 43 heavy (non-hydrogen) atoms. The van der Waals surface area contributed by atoms with Gasteiger partial charge in [-0.2, -0.15) is 0 Å². The van der Waals surface area contributed by atoms with Crippen LogP contribution in [0.4, 0.5) is 0 Å². The van der Waals surface area contributed by atoms with E-state index in [-0.39, 0.29) is 6.10 Å². The summed E-state index contributed by atoms with van der Waals surface area (Å²) in [7, 11) is -2.92. The van der Waals surface area contributed by atoms with E-state index in [9.17, 15) is 0 Å². The Morgan fingerprint density at radius 3 is 1.81 bits per heavy atom. The van der Waals surface area contributed by atoms with Crippen molar-refractivity contribution in [3.05, 3.63) is 174 Å². The molecule has 0 saturated carbocycles. The van der Waals surface area contributed by atoms with Crippen LogP contribution in [-0.4, -0.2) is 8.32 Å². The van der Waals surface area contributed by atoms with E-state index < -0.39 is 8.32 Å². The molecule has 5 aromatic carbocycles. The molecule has 1 nitrogen and oxygen atoms in total. The second kappa shape index (κ2) is 12.2. The first-order chi connectivity index (χ1) is 21.2. The summed E-state index contributed by atoms with van der Waals surface area (Å²) in [4.78, 5) is 0. The number of rotatable bonds is 10. The molecular formula is C41H38OSi. The van der Waals surface area contributed by atoms with Crippen LogP contribution in [0.3, 0.4) is 0 Å². The summed E-state index contributed by atoms with van der Waals surface area (Å²) in [5, 5.41) is 3.84. The highest BCUT2D eigenvalue weighted by Gasteiger charge is 2.44. The predicted molar refractivity (Wildman–Crippen MR) is 183 cm³/mol. The van der Waals surface area contributed by atoms with E-state index in [1.165, 1.54) is 49.0 Å². The van der Waals surface area contributed by atoms with Crippen LogP contribution in [0.25, 0.3) is 11.1 Å². The quantitative estimate of drug-likeness (QED) is 0.118. The largest absolute Gasteiger partial charge is 0.397 e. The fourth-order valence-electron chi connectivity index (χ4n) is 7.12. The highest BCUT2D eigenvalue weighted by atomic mass is 28.4. The molecule has 0 aromatic heterocycles. The van der Waals surface area contributed by atoms with Gasteiger partial charge in [0.15, 0.2) is 0 Å². The smallest absolute Gasteiger partial charge is 0.288 e. The van der Waals surface area contributed by atoms with Crippen molar-refractivity contribution in [1.82, 2.24) is 0 Å². The Labute approximate surface area is 257 Å². The van der Waals surface area contributed by atoms with Crippen molar-refractivity contribution in [3.63, 3.8) is 0 Å². The third-order valence-corrected chi connectivity index (χ3v) is 13.4.